The molecular formula is C21H18Cl4F3NO3. The molecule has 0 saturated heterocycles. The molecule has 0 amide bonds. The van der Waals surface area contributed by atoms with E-state index in [0.29, 0.717) is 17.7 Å². The molecule has 0 spiro atoms. The summed E-state index contributed by atoms with van der Waals surface area (Å²) in [5, 5.41) is 3.63. The van der Waals surface area contributed by atoms with Gasteiger partial charge in [-0.05, 0) is 18.1 Å². The molecule has 4 nitrogen and oxygen atoms in total. The number of benzene rings is 2. The summed E-state index contributed by atoms with van der Waals surface area (Å²) in [5.41, 5.74) is -0.634. The van der Waals surface area contributed by atoms with Gasteiger partial charge in [0.05, 0.1) is 10.0 Å². The molecule has 2 aromatic rings. The van der Waals surface area contributed by atoms with Crippen LogP contribution in [0.4, 0.5) is 13.2 Å². The van der Waals surface area contributed by atoms with Gasteiger partial charge >= 0.3 is 6.18 Å². The molecule has 0 radical (unpaired) electrons. The number of hydrogen-bond donors (Lipinski definition) is 0. The summed E-state index contributed by atoms with van der Waals surface area (Å²) in [7, 11) is 0. The summed E-state index contributed by atoms with van der Waals surface area (Å²) in [6, 6.07) is 8.55. The first-order valence-electron chi connectivity index (χ1n) is 9.24. The molecule has 0 heterocycles. The van der Waals surface area contributed by atoms with Gasteiger partial charge in [0.2, 0.25) is 0 Å². The van der Waals surface area contributed by atoms with Gasteiger partial charge in [-0.1, -0.05) is 82.7 Å². The SMILES string of the molecule is CCCON=C(c1ccc(COc2c(Cl)cc(OCC=C(Cl)Cl)cc2Cl)cc1)C(F)(F)F. The quantitative estimate of drug-likeness (QED) is 0.178. The molecule has 0 saturated carbocycles. The van der Waals surface area contributed by atoms with E-state index in [0.717, 1.165) is 0 Å². The zero-order valence-corrected chi connectivity index (χ0v) is 19.7. The summed E-state index contributed by atoms with van der Waals surface area (Å²) < 4.78 is 50.9. The Morgan fingerprint density at radius 1 is 1.03 bits per heavy atom. The van der Waals surface area contributed by atoms with Crippen LogP contribution in [0.3, 0.4) is 0 Å². The average Bonchev–Trinajstić information content (AvgIpc) is 2.70. The molecule has 0 aromatic heterocycles. The number of ether oxygens (including phenoxy) is 2. The lowest BCUT2D eigenvalue weighted by Crippen LogP contribution is -2.24. The van der Waals surface area contributed by atoms with E-state index >= 15 is 0 Å². The highest BCUT2D eigenvalue weighted by molar-refractivity contribution is 6.55. The number of rotatable bonds is 10. The van der Waals surface area contributed by atoms with Crippen LogP contribution in [0, 0.1) is 0 Å². The van der Waals surface area contributed by atoms with Crippen molar-refractivity contribution in [1.82, 2.24) is 0 Å². The van der Waals surface area contributed by atoms with Gasteiger partial charge in [-0.2, -0.15) is 13.2 Å². The Morgan fingerprint density at radius 3 is 2.19 bits per heavy atom. The Hall–Kier alpha value is -1.80. The molecule has 0 aliphatic heterocycles. The van der Waals surface area contributed by atoms with Crippen molar-refractivity contribution in [2.75, 3.05) is 13.2 Å². The van der Waals surface area contributed by atoms with Crippen LogP contribution >= 0.6 is 46.4 Å². The van der Waals surface area contributed by atoms with E-state index in [-0.39, 0.29) is 45.7 Å². The number of nitrogens with zero attached hydrogens (tertiary/aromatic N) is 1. The monoisotopic (exact) mass is 529 g/mol. The summed E-state index contributed by atoms with van der Waals surface area (Å²) in [4.78, 5) is 4.72. The lowest BCUT2D eigenvalue weighted by Gasteiger charge is -2.13. The van der Waals surface area contributed by atoms with Crippen molar-refractivity contribution in [1.29, 1.82) is 0 Å². The average molecular weight is 531 g/mol. The van der Waals surface area contributed by atoms with Crippen LogP contribution in [-0.2, 0) is 11.4 Å². The van der Waals surface area contributed by atoms with Crippen LogP contribution in [0.15, 0.2) is 52.1 Å². The molecule has 0 aliphatic carbocycles. The molecule has 0 atom stereocenters. The minimum absolute atomic E-state index is 0.0232. The van der Waals surface area contributed by atoms with Gasteiger partial charge in [-0.25, -0.2) is 0 Å². The van der Waals surface area contributed by atoms with Crippen molar-refractivity contribution in [3.63, 3.8) is 0 Å². The van der Waals surface area contributed by atoms with E-state index in [2.05, 4.69) is 5.16 Å². The molecule has 0 aliphatic rings. The molecule has 0 N–H and O–H groups in total. The molecule has 174 valence electrons. The number of oxime groups is 1. The van der Waals surface area contributed by atoms with E-state index in [9.17, 15) is 13.2 Å². The van der Waals surface area contributed by atoms with Gasteiger partial charge in [0.1, 0.15) is 30.1 Å². The summed E-state index contributed by atoms with van der Waals surface area (Å²) >= 11 is 23.4. The van der Waals surface area contributed by atoms with Gasteiger partial charge in [0.25, 0.3) is 0 Å². The summed E-state index contributed by atoms with van der Waals surface area (Å²) in [5.74, 6) is 0.591. The predicted molar refractivity (Wildman–Crippen MR) is 121 cm³/mol. The van der Waals surface area contributed by atoms with E-state index in [4.69, 9.17) is 60.7 Å². The van der Waals surface area contributed by atoms with Gasteiger partial charge in [-0.3, -0.25) is 0 Å². The Bertz CT molecular complexity index is 937. The molecule has 11 heteroatoms. The molecular weight excluding hydrogens is 513 g/mol. The largest absolute Gasteiger partial charge is 0.489 e. The lowest BCUT2D eigenvalue weighted by atomic mass is 10.1. The molecule has 0 unspecified atom stereocenters. The van der Waals surface area contributed by atoms with Crippen LogP contribution < -0.4 is 9.47 Å². The number of alkyl halides is 3. The Kier molecular flexibility index (Phi) is 10.3. The minimum Gasteiger partial charge on any atom is -0.489 e. The van der Waals surface area contributed by atoms with E-state index < -0.39 is 11.9 Å². The van der Waals surface area contributed by atoms with Gasteiger partial charge in [-0.15, -0.1) is 0 Å². The molecule has 2 rings (SSSR count). The van der Waals surface area contributed by atoms with E-state index in [1.807, 2.05) is 0 Å². The molecule has 0 fully saturated rings. The number of halogens is 7. The maximum Gasteiger partial charge on any atom is 0.437 e. The van der Waals surface area contributed by atoms with E-state index in [1.165, 1.54) is 42.5 Å². The zero-order chi connectivity index (χ0) is 23.7. The Labute approximate surface area is 203 Å². The lowest BCUT2D eigenvalue weighted by molar-refractivity contribution is -0.0615. The van der Waals surface area contributed by atoms with Crippen molar-refractivity contribution < 1.29 is 27.5 Å². The molecule has 32 heavy (non-hydrogen) atoms. The summed E-state index contributed by atoms with van der Waals surface area (Å²) in [6.45, 7) is 2.00. The first-order valence-corrected chi connectivity index (χ1v) is 10.7. The van der Waals surface area contributed by atoms with Crippen LogP contribution in [0.1, 0.15) is 24.5 Å². The maximum absolute atomic E-state index is 13.3. The van der Waals surface area contributed by atoms with Gasteiger partial charge in [0, 0.05) is 17.7 Å². The fourth-order valence-electron chi connectivity index (χ4n) is 2.34. The first-order chi connectivity index (χ1) is 15.1. The van der Waals surface area contributed by atoms with Crippen LogP contribution in [0.5, 0.6) is 11.5 Å². The van der Waals surface area contributed by atoms with Crippen molar-refractivity contribution in [2.24, 2.45) is 5.16 Å². The zero-order valence-electron chi connectivity index (χ0n) is 16.7. The smallest absolute Gasteiger partial charge is 0.437 e. The van der Waals surface area contributed by atoms with Crippen molar-refractivity contribution in [3.8, 4) is 11.5 Å². The van der Waals surface area contributed by atoms with Crippen LogP contribution in [-0.4, -0.2) is 25.1 Å². The second-order valence-corrected chi connectivity index (χ2v) is 8.10. The third kappa shape index (κ3) is 8.28. The van der Waals surface area contributed by atoms with Crippen molar-refractivity contribution in [3.05, 3.63) is 68.1 Å². The molecule has 2 aromatic carbocycles. The first kappa shape index (κ1) is 26.5. The Morgan fingerprint density at radius 2 is 1.66 bits per heavy atom. The van der Waals surface area contributed by atoms with Crippen LogP contribution in [0.25, 0.3) is 0 Å². The third-order valence-corrected chi connectivity index (χ3v) is 4.66. The fourth-order valence-corrected chi connectivity index (χ4v) is 3.04. The minimum atomic E-state index is -4.65. The Balaban J connectivity index is 2.08. The van der Waals surface area contributed by atoms with Crippen LogP contribution in [0.2, 0.25) is 10.0 Å². The number of hydrogen-bond acceptors (Lipinski definition) is 4. The fraction of sp³-hybridized carbons (Fsp3) is 0.286. The molecule has 0 bridgehead atoms. The highest BCUT2D eigenvalue weighted by Crippen LogP contribution is 2.37. The van der Waals surface area contributed by atoms with Crippen molar-refractivity contribution >= 4 is 52.1 Å². The second-order valence-electron chi connectivity index (χ2n) is 6.28. The van der Waals surface area contributed by atoms with E-state index in [1.54, 1.807) is 6.92 Å². The van der Waals surface area contributed by atoms with Gasteiger partial charge in [0.15, 0.2) is 11.5 Å². The highest BCUT2D eigenvalue weighted by atomic mass is 35.5. The second kappa shape index (κ2) is 12.4. The predicted octanol–water partition coefficient (Wildman–Crippen LogP) is 7.96. The highest BCUT2D eigenvalue weighted by Gasteiger charge is 2.37. The normalized spacial score (nSPS) is 11.8. The summed E-state index contributed by atoms with van der Waals surface area (Å²) in [6.07, 6.45) is -2.66. The standard InChI is InChI=1S/C21H18Cl4F3NO3/c1-2-8-32-29-20(21(26,27)28)14-5-3-13(4-6-14)12-31-19-16(22)10-15(11-17(19)23)30-9-7-18(24)25/h3-7,10-11H,2,8-9,12H2,1H3. The maximum atomic E-state index is 13.3. The van der Waals surface area contributed by atoms with Gasteiger partial charge < -0.3 is 14.3 Å². The van der Waals surface area contributed by atoms with Crippen molar-refractivity contribution in [2.45, 2.75) is 26.1 Å². The third-order valence-electron chi connectivity index (χ3n) is 3.79. The topological polar surface area (TPSA) is 40.0 Å².